The van der Waals surface area contributed by atoms with Crippen molar-refractivity contribution in [3.8, 4) is 11.5 Å². The lowest BCUT2D eigenvalue weighted by Gasteiger charge is -2.10. The zero-order chi connectivity index (χ0) is 17.7. The van der Waals surface area contributed by atoms with Crippen LogP contribution in [0.5, 0.6) is 11.5 Å². The number of benzene rings is 2. The van der Waals surface area contributed by atoms with Crippen molar-refractivity contribution in [3.05, 3.63) is 56.5 Å². The molecule has 0 amide bonds. The molecular formula is C17H14Br2O5. The van der Waals surface area contributed by atoms with Crippen molar-refractivity contribution in [3.63, 3.8) is 0 Å². The molecule has 0 aliphatic heterocycles. The minimum absolute atomic E-state index is 0.125. The molecule has 0 spiro atoms. The molecule has 24 heavy (non-hydrogen) atoms. The molecule has 5 nitrogen and oxygen atoms in total. The van der Waals surface area contributed by atoms with E-state index >= 15 is 0 Å². The van der Waals surface area contributed by atoms with Crippen LogP contribution in [0, 0.1) is 0 Å². The van der Waals surface area contributed by atoms with Gasteiger partial charge in [-0.05, 0) is 59.3 Å². The maximum absolute atomic E-state index is 12.3. The van der Waals surface area contributed by atoms with Gasteiger partial charge in [0.1, 0.15) is 17.1 Å². The van der Waals surface area contributed by atoms with E-state index in [1.165, 1.54) is 19.2 Å². The smallest absolute Gasteiger partial charge is 0.343 e. The average molecular weight is 458 g/mol. The van der Waals surface area contributed by atoms with Gasteiger partial charge >= 0.3 is 11.9 Å². The Bertz CT molecular complexity index is 774. The molecule has 0 radical (unpaired) electrons. The molecule has 0 bridgehead atoms. The molecule has 0 aliphatic rings. The van der Waals surface area contributed by atoms with Crippen molar-refractivity contribution in [2.45, 2.75) is 6.92 Å². The molecule has 7 heteroatoms. The van der Waals surface area contributed by atoms with E-state index in [-0.39, 0.29) is 11.3 Å². The Morgan fingerprint density at radius 3 is 2.33 bits per heavy atom. The van der Waals surface area contributed by atoms with Crippen LogP contribution in [-0.4, -0.2) is 25.7 Å². The molecule has 2 aromatic rings. The molecule has 0 unspecified atom stereocenters. The first kappa shape index (κ1) is 18.5. The first-order valence-electron chi connectivity index (χ1n) is 6.98. The Balaban J connectivity index is 2.27. The maximum atomic E-state index is 12.3. The lowest BCUT2D eigenvalue weighted by Crippen LogP contribution is -2.12. The number of hydrogen-bond acceptors (Lipinski definition) is 5. The molecule has 2 aromatic carbocycles. The average Bonchev–Trinajstić information content (AvgIpc) is 2.57. The predicted octanol–water partition coefficient (Wildman–Crippen LogP) is 4.62. The predicted molar refractivity (Wildman–Crippen MR) is 95.8 cm³/mol. The molecule has 0 heterocycles. The molecule has 2 rings (SSSR count). The Kier molecular flexibility index (Phi) is 6.39. The topological polar surface area (TPSA) is 61.8 Å². The van der Waals surface area contributed by atoms with Gasteiger partial charge in [0, 0.05) is 4.47 Å². The lowest BCUT2D eigenvalue weighted by molar-refractivity contribution is 0.0593. The minimum Gasteiger partial charge on any atom is -0.493 e. The van der Waals surface area contributed by atoms with E-state index in [0.29, 0.717) is 26.9 Å². The normalized spacial score (nSPS) is 10.2. The summed E-state index contributed by atoms with van der Waals surface area (Å²) in [6, 6.07) is 9.59. The molecular weight excluding hydrogens is 444 g/mol. The second-order valence-corrected chi connectivity index (χ2v) is 6.37. The summed E-state index contributed by atoms with van der Waals surface area (Å²) in [6.07, 6.45) is 0. The fourth-order valence-corrected chi connectivity index (χ4v) is 2.77. The highest BCUT2D eigenvalue weighted by Gasteiger charge is 2.18. The molecule has 0 saturated heterocycles. The van der Waals surface area contributed by atoms with Gasteiger partial charge in [0.25, 0.3) is 0 Å². The third-order valence-electron chi connectivity index (χ3n) is 3.02. The third-order valence-corrected chi connectivity index (χ3v) is 4.13. The van der Waals surface area contributed by atoms with Gasteiger partial charge in [-0.25, -0.2) is 9.59 Å². The maximum Gasteiger partial charge on any atom is 0.343 e. The number of methoxy groups -OCH3 is 1. The number of hydrogen-bond donors (Lipinski definition) is 0. The van der Waals surface area contributed by atoms with Crippen molar-refractivity contribution in [1.29, 1.82) is 0 Å². The van der Waals surface area contributed by atoms with E-state index in [4.69, 9.17) is 14.2 Å². The Morgan fingerprint density at radius 2 is 1.71 bits per heavy atom. The summed E-state index contributed by atoms with van der Waals surface area (Å²) in [7, 11) is 1.26. The molecule has 0 atom stereocenters. The quantitative estimate of drug-likeness (QED) is 0.484. The molecule has 0 saturated carbocycles. The molecule has 126 valence electrons. The minimum atomic E-state index is -0.591. The molecule has 0 fully saturated rings. The van der Waals surface area contributed by atoms with E-state index in [2.05, 4.69) is 31.9 Å². The zero-order valence-electron chi connectivity index (χ0n) is 13.0. The number of esters is 2. The number of halogens is 2. The van der Waals surface area contributed by atoms with Crippen molar-refractivity contribution >= 4 is 43.8 Å². The van der Waals surface area contributed by atoms with E-state index in [0.717, 1.165) is 0 Å². The summed E-state index contributed by atoms with van der Waals surface area (Å²) in [5.74, 6) is -0.425. The Morgan fingerprint density at radius 1 is 1.00 bits per heavy atom. The van der Waals surface area contributed by atoms with Crippen molar-refractivity contribution < 1.29 is 23.8 Å². The fourth-order valence-electron chi connectivity index (χ4n) is 1.92. The lowest BCUT2D eigenvalue weighted by atomic mass is 10.2. The van der Waals surface area contributed by atoms with Gasteiger partial charge in [-0.1, -0.05) is 15.9 Å². The van der Waals surface area contributed by atoms with Crippen LogP contribution in [0.3, 0.4) is 0 Å². The van der Waals surface area contributed by atoms with Gasteiger partial charge in [0.2, 0.25) is 0 Å². The summed E-state index contributed by atoms with van der Waals surface area (Å²) in [4.78, 5) is 24.2. The Labute approximate surface area is 156 Å². The molecule has 0 aliphatic carbocycles. The second kappa shape index (κ2) is 8.30. The van der Waals surface area contributed by atoms with Crippen molar-refractivity contribution in [1.82, 2.24) is 0 Å². The summed E-state index contributed by atoms with van der Waals surface area (Å²) in [5, 5.41) is 0. The van der Waals surface area contributed by atoms with Crippen LogP contribution < -0.4 is 9.47 Å². The monoisotopic (exact) mass is 456 g/mol. The van der Waals surface area contributed by atoms with E-state index in [9.17, 15) is 9.59 Å². The third kappa shape index (κ3) is 4.36. The zero-order valence-corrected chi connectivity index (χ0v) is 16.1. The van der Waals surface area contributed by atoms with Crippen LogP contribution in [0.1, 0.15) is 27.6 Å². The number of carbonyl (C=O) groups is 2. The van der Waals surface area contributed by atoms with Crippen molar-refractivity contribution in [2.75, 3.05) is 13.7 Å². The summed E-state index contributed by atoms with van der Waals surface area (Å²) < 4.78 is 16.8. The SMILES string of the molecule is CCOc1ccc(C(=O)Oc2ccc(Br)cc2C(=O)OC)cc1Br. The van der Waals surface area contributed by atoms with Crippen LogP contribution in [0.2, 0.25) is 0 Å². The van der Waals surface area contributed by atoms with E-state index < -0.39 is 11.9 Å². The fraction of sp³-hybridized carbons (Fsp3) is 0.176. The van der Waals surface area contributed by atoms with Crippen LogP contribution in [0.4, 0.5) is 0 Å². The number of carbonyl (C=O) groups excluding carboxylic acids is 2. The van der Waals surface area contributed by atoms with E-state index in [1.807, 2.05) is 6.92 Å². The van der Waals surface area contributed by atoms with Gasteiger partial charge in [-0.2, -0.15) is 0 Å². The summed E-state index contributed by atoms with van der Waals surface area (Å²) in [5.41, 5.74) is 0.481. The molecule has 0 N–H and O–H groups in total. The second-order valence-electron chi connectivity index (χ2n) is 4.60. The van der Waals surface area contributed by atoms with Gasteiger partial charge in [0.05, 0.1) is 23.8 Å². The highest BCUT2D eigenvalue weighted by Crippen LogP contribution is 2.28. The van der Waals surface area contributed by atoms with Crippen molar-refractivity contribution in [2.24, 2.45) is 0 Å². The van der Waals surface area contributed by atoms with Gasteiger partial charge in [-0.15, -0.1) is 0 Å². The van der Waals surface area contributed by atoms with Crippen LogP contribution in [0.15, 0.2) is 45.3 Å². The van der Waals surface area contributed by atoms with Gasteiger partial charge in [-0.3, -0.25) is 0 Å². The summed E-state index contributed by atoms with van der Waals surface area (Å²) >= 11 is 6.62. The first-order chi connectivity index (χ1) is 11.5. The molecule has 0 aromatic heterocycles. The van der Waals surface area contributed by atoms with Crippen LogP contribution in [-0.2, 0) is 4.74 Å². The van der Waals surface area contributed by atoms with Gasteiger partial charge < -0.3 is 14.2 Å². The van der Waals surface area contributed by atoms with Crippen LogP contribution in [0.25, 0.3) is 0 Å². The van der Waals surface area contributed by atoms with Crippen LogP contribution >= 0.6 is 31.9 Å². The number of ether oxygens (including phenoxy) is 3. The highest BCUT2D eigenvalue weighted by atomic mass is 79.9. The van der Waals surface area contributed by atoms with E-state index in [1.54, 1.807) is 24.3 Å². The number of rotatable bonds is 5. The first-order valence-corrected chi connectivity index (χ1v) is 8.57. The standard InChI is InChI=1S/C17H14Br2O5/c1-3-23-15-6-4-10(8-13(15)19)16(20)24-14-7-5-11(18)9-12(14)17(21)22-2/h4-9H,3H2,1-2H3. The van der Waals surface area contributed by atoms with Gasteiger partial charge in [0.15, 0.2) is 0 Å². The highest BCUT2D eigenvalue weighted by molar-refractivity contribution is 9.10. The Hall–Kier alpha value is -1.86. The summed E-state index contributed by atoms with van der Waals surface area (Å²) in [6.45, 7) is 2.39. The largest absolute Gasteiger partial charge is 0.493 e.